The van der Waals surface area contributed by atoms with Crippen molar-refractivity contribution in [3.05, 3.63) is 0 Å². The van der Waals surface area contributed by atoms with Crippen LogP contribution in [0, 0.1) is 11.8 Å². The molecule has 0 atom stereocenters. The van der Waals surface area contributed by atoms with Crippen molar-refractivity contribution in [2.75, 3.05) is 24.6 Å². The van der Waals surface area contributed by atoms with Gasteiger partial charge in [-0.15, -0.1) is 0 Å². The minimum Gasteiger partial charge on any atom is -0.305 e. The molecule has 2 amide bonds. The lowest BCUT2D eigenvalue weighted by atomic mass is 9.81. The molecule has 0 bridgehead atoms. The fraction of sp³-hybridized carbons (Fsp3) is 0.714. The van der Waals surface area contributed by atoms with Crippen LogP contribution in [-0.4, -0.2) is 46.7 Å². The first-order chi connectivity index (χ1) is 10.7. The zero-order valence-corrected chi connectivity index (χ0v) is 14.0. The van der Waals surface area contributed by atoms with Crippen molar-refractivity contribution in [2.45, 2.75) is 25.7 Å². The first-order valence-electron chi connectivity index (χ1n) is 7.68. The second kappa shape index (κ2) is 7.50. The molecule has 1 fully saturated rings. The third-order valence-electron chi connectivity index (χ3n) is 4.10. The van der Waals surface area contributed by atoms with Crippen molar-refractivity contribution in [2.24, 2.45) is 21.8 Å². The summed E-state index contributed by atoms with van der Waals surface area (Å²) >= 11 is 3.19. The third kappa shape index (κ3) is 4.04. The molecule has 2 aliphatic heterocycles. The molecule has 2 heterocycles. The molecule has 0 aromatic rings. The monoisotopic (exact) mass is 340 g/mol. The first kappa shape index (κ1) is 15.9. The summed E-state index contributed by atoms with van der Waals surface area (Å²) in [5.41, 5.74) is 0. The molecular weight excluding hydrogens is 320 g/mol. The number of rotatable bonds is 2. The number of hydrogen-bond donors (Lipinski definition) is 2. The highest BCUT2D eigenvalue weighted by molar-refractivity contribution is 8.14. The van der Waals surface area contributed by atoms with E-state index < -0.39 is 0 Å². The van der Waals surface area contributed by atoms with Gasteiger partial charge in [-0.05, 0) is 25.7 Å². The van der Waals surface area contributed by atoms with Crippen LogP contribution in [0.3, 0.4) is 0 Å². The van der Waals surface area contributed by atoms with E-state index >= 15 is 0 Å². The van der Waals surface area contributed by atoms with Crippen molar-refractivity contribution < 1.29 is 9.59 Å². The number of hydrogen-bond acceptors (Lipinski definition) is 6. The van der Waals surface area contributed by atoms with Crippen molar-refractivity contribution in [3.63, 3.8) is 0 Å². The fourth-order valence-corrected chi connectivity index (χ4v) is 4.32. The number of carbonyl (C=O) groups is 2. The van der Waals surface area contributed by atoms with Crippen LogP contribution in [0.2, 0.25) is 0 Å². The molecule has 3 aliphatic rings. The second-order valence-electron chi connectivity index (χ2n) is 5.60. The average molecular weight is 340 g/mol. The zero-order chi connectivity index (χ0) is 15.4. The normalized spacial score (nSPS) is 28.0. The molecule has 3 rings (SSSR count). The topological polar surface area (TPSA) is 82.9 Å². The molecule has 8 heteroatoms. The quantitative estimate of drug-likeness (QED) is 0.792. The Kier molecular flexibility index (Phi) is 5.41. The maximum atomic E-state index is 12.2. The van der Waals surface area contributed by atoms with Gasteiger partial charge in [0.2, 0.25) is 11.8 Å². The largest absolute Gasteiger partial charge is 0.305 e. The Labute approximate surface area is 138 Å². The van der Waals surface area contributed by atoms with E-state index in [0.717, 1.165) is 60.6 Å². The molecular formula is C14H20N4O2S2. The maximum absolute atomic E-state index is 12.2. The van der Waals surface area contributed by atoms with Crippen LogP contribution in [0.1, 0.15) is 25.7 Å². The molecule has 0 aromatic heterocycles. The molecule has 2 N–H and O–H groups in total. The first-order valence-corrected chi connectivity index (χ1v) is 9.66. The van der Waals surface area contributed by atoms with E-state index in [4.69, 9.17) is 0 Å². The van der Waals surface area contributed by atoms with E-state index in [1.54, 1.807) is 23.5 Å². The van der Waals surface area contributed by atoms with Gasteiger partial charge in [0.25, 0.3) is 0 Å². The summed E-state index contributed by atoms with van der Waals surface area (Å²) in [6.07, 6.45) is 3.06. The molecule has 0 radical (unpaired) electrons. The lowest BCUT2D eigenvalue weighted by Crippen LogP contribution is -2.39. The van der Waals surface area contributed by atoms with Gasteiger partial charge in [-0.3, -0.25) is 19.6 Å². The Hall–Kier alpha value is -1.02. The van der Waals surface area contributed by atoms with Gasteiger partial charge >= 0.3 is 0 Å². The molecule has 120 valence electrons. The highest BCUT2D eigenvalue weighted by Gasteiger charge is 2.31. The van der Waals surface area contributed by atoms with Gasteiger partial charge in [0.05, 0.1) is 13.1 Å². The Morgan fingerprint density at radius 1 is 0.818 bits per heavy atom. The van der Waals surface area contributed by atoms with Gasteiger partial charge < -0.3 is 10.6 Å². The Bertz CT molecular complexity index is 467. The fourth-order valence-electron chi connectivity index (χ4n) is 2.85. The molecule has 22 heavy (non-hydrogen) atoms. The van der Waals surface area contributed by atoms with E-state index in [9.17, 15) is 9.59 Å². The molecule has 0 spiro atoms. The van der Waals surface area contributed by atoms with E-state index in [0.29, 0.717) is 0 Å². The number of thioether (sulfide) groups is 2. The van der Waals surface area contributed by atoms with Gasteiger partial charge in [0.1, 0.15) is 0 Å². The summed E-state index contributed by atoms with van der Waals surface area (Å²) in [4.78, 5) is 32.8. The van der Waals surface area contributed by atoms with E-state index in [1.807, 2.05) is 0 Å². The van der Waals surface area contributed by atoms with Gasteiger partial charge in [-0.25, -0.2) is 0 Å². The number of aliphatic imine (C=N–C) groups is 2. The number of amidine groups is 2. The molecule has 0 unspecified atom stereocenters. The molecule has 6 nitrogen and oxygen atoms in total. The second-order valence-corrected chi connectivity index (χ2v) is 7.76. The number of nitrogens with one attached hydrogen (secondary N) is 2. The minimum absolute atomic E-state index is 0.00569. The van der Waals surface area contributed by atoms with Crippen molar-refractivity contribution in [1.29, 1.82) is 0 Å². The van der Waals surface area contributed by atoms with Gasteiger partial charge in [0.15, 0.2) is 10.3 Å². The van der Waals surface area contributed by atoms with Crippen LogP contribution in [0.15, 0.2) is 9.98 Å². The molecule has 0 saturated heterocycles. The van der Waals surface area contributed by atoms with Crippen molar-refractivity contribution in [3.8, 4) is 0 Å². The summed E-state index contributed by atoms with van der Waals surface area (Å²) in [7, 11) is 0. The standard InChI is InChI=1S/C14H20N4O2S2/c19-11(17-13-15-5-7-21-13)9-1-2-10(4-3-9)12(20)18-14-16-6-8-22-14/h9-10H,1-8H2,(H,15,17,19)(H,16,18,20). The van der Waals surface area contributed by atoms with Crippen LogP contribution < -0.4 is 10.6 Å². The highest BCUT2D eigenvalue weighted by atomic mass is 32.2. The smallest absolute Gasteiger partial charge is 0.229 e. The highest BCUT2D eigenvalue weighted by Crippen LogP contribution is 2.29. The van der Waals surface area contributed by atoms with Crippen molar-refractivity contribution >= 4 is 45.7 Å². The van der Waals surface area contributed by atoms with E-state index in [1.165, 1.54) is 0 Å². The van der Waals surface area contributed by atoms with Crippen LogP contribution in [0.25, 0.3) is 0 Å². The van der Waals surface area contributed by atoms with Gasteiger partial charge in [-0.2, -0.15) is 0 Å². The van der Waals surface area contributed by atoms with Crippen LogP contribution in [0.4, 0.5) is 0 Å². The SMILES string of the molecule is O=C(NC1=NCCS1)C1CCC(C(=O)NC2=NCCS2)CC1. The summed E-state index contributed by atoms with van der Waals surface area (Å²) < 4.78 is 0. The van der Waals surface area contributed by atoms with Crippen LogP contribution in [0.5, 0.6) is 0 Å². The average Bonchev–Trinajstić information content (AvgIpc) is 3.21. The molecule has 0 aromatic carbocycles. The lowest BCUT2D eigenvalue weighted by Gasteiger charge is -2.26. The predicted octanol–water partition coefficient (Wildman–Crippen LogP) is 1.23. The maximum Gasteiger partial charge on any atom is 0.229 e. The van der Waals surface area contributed by atoms with Crippen LogP contribution in [-0.2, 0) is 9.59 Å². The Balaban J connectivity index is 1.43. The minimum atomic E-state index is 0.00569. The van der Waals surface area contributed by atoms with Gasteiger partial charge in [-0.1, -0.05) is 23.5 Å². The third-order valence-corrected chi connectivity index (χ3v) is 5.88. The predicted molar refractivity (Wildman–Crippen MR) is 91.3 cm³/mol. The van der Waals surface area contributed by atoms with Crippen molar-refractivity contribution in [1.82, 2.24) is 10.6 Å². The van der Waals surface area contributed by atoms with Crippen LogP contribution >= 0.6 is 23.5 Å². The molecule has 1 aliphatic carbocycles. The zero-order valence-electron chi connectivity index (χ0n) is 12.3. The summed E-state index contributed by atoms with van der Waals surface area (Å²) in [6.45, 7) is 1.57. The summed E-state index contributed by atoms with van der Waals surface area (Å²) in [6, 6.07) is 0. The Morgan fingerprint density at radius 2 is 1.23 bits per heavy atom. The number of nitrogens with zero attached hydrogens (tertiary/aromatic N) is 2. The van der Waals surface area contributed by atoms with E-state index in [2.05, 4.69) is 20.6 Å². The number of carbonyl (C=O) groups excluding carboxylic acids is 2. The summed E-state index contributed by atoms with van der Waals surface area (Å²) in [5.74, 6) is 2.03. The molecule has 1 saturated carbocycles. The van der Waals surface area contributed by atoms with E-state index in [-0.39, 0.29) is 23.7 Å². The Morgan fingerprint density at radius 3 is 1.55 bits per heavy atom. The summed E-state index contributed by atoms with van der Waals surface area (Å²) in [5, 5.41) is 7.31. The number of amides is 2. The van der Waals surface area contributed by atoms with Gasteiger partial charge in [0, 0.05) is 23.3 Å². The lowest BCUT2D eigenvalue weighted by molar-refractivity contribution is -0.128.